The Kier molecular flexibility index (Phi) is 8.37. The second-order valence-electron chi connectivity index (χ2n) is 9.64. The molecule has 1 aliphatic heterocycles. The first-order valence-corrected chi connectivity index (χ1v) is 12.7. The highest BCUT2D eigenvalue weighted by Gasteiger charge is 2.38. The molecule has 1 aromatic carbocycles. The molecule has 1 unspecified atom stereocenters. The van der Waals surface area contributed by atoms with Crippen LogP contribution >= 0.6 is 11.6 Å². The van der Waals surface area contributed by atoms with Crippen molar-refractivity contribution in [1.29, 1.82) is 0 Å². The van der Waals surface area contributed by atoms with E-state index in [1.165, 1.54) is 18.2 Å². The highest BCUT2D eigenvalue weighted by molar-refractivity contribution is 6.38. The number of alkyl halides is 3. The van der Waals surface area contributed by atoms with E-state index >= 15 is 0 Å². The number of anilines is 1. The van der Waals surface area contributed by atoms with Gasteiger partial charge in [0.1, 0.15) is 5.69 Å². The predicted molar refractivity (Wildman–Crippen MR) is 134 cm³/mol. The number of nitrogens with zero attached hydrogens (tertiary/aromatic N) is 2. The van der Waals surface area contributed by atoms with Crippen molar-refractivity contribution in [2.75, 3.05) is 5.32 Å². The molecule has 3 atom stereocenters. The van der Waals surface area contributed by atoms with Gasteiger partial charge in [-0.2, -0.15) is 13.2 Å². The molecule has 212 valence electrons. The van der Waals surface area contributed by atoms with Crippen molar-refractivity contribution in [3.63, 3.8) is 0 Å². The third-order valence-electron chi connectivity index (χ3n) is 6.33. The van der Waals surface area contributed by atoms with Gasteiger partial charge < -0.3 is 21.3 Å². The van der Waals surface area contributed by atoms with Crippen molar-refractivity contribution in [1.82, 2.24) is 25.9 Å². The highest BCUT2D eigenvalue weighted by Crippen LogP contribution is 2.27. The van der Waals surface area contributed by atoms with Gasteiger partial charge in [0.25, 0.3) is 17.7 Å². The van der Waals surface area contributed by atoms with E-state index in [1.54, 1.807) is 6.92 Å². The summed E-state index contributed by atoms with van der Waals surface area (Å²) in [4.78, 5) is 70.5. The van der Waals surface area contributed by atoms with Crippen LogP contribution in [-0.2, 0) is 20.6 Å². The fourth-order valence-electron chi connectivity index (χ4n) is 4.14. The largest absolute Gasteiger partial charge is 0.434 e. The Labute approximate surface area is 230 Å². The van der Waals surface area contributed by atoms with E-state index in [-0.39, 0.29) is 40.7 Å². The van der Waals surface area contributed by atoms with Crippen LogP contribution in [0.15, 0.2) is 30.6 Å². The molecule has 4 amide bonds. The summed E-state index contributed by atoms with van der Waals surface area (Å²) < 4.78 is 38.3. The molecule has 2 fully saturated rings. The first-order chi connectivity index (χ1) is 18.8. The molecule has 1 aromatic heterocycles. The van der Waals surface area contributed by atoms with Gasteiger partial charge in [-0.3, -0.25) is 24.0 Å². The summed E-state index contributed by atoms with van der Waals surface area (Å²) in [6.45, 7) is 1.79. The number of amides is 4. The normalized spacial score (nSPS) is 19.4. The van der Waals surface area contributed by atoms with E-state index in [4.69, 9.17) is 11.6 Å². The predicted octanol–water partition coefficient (Wildman–Crippen LogP) is 2.26. The molecule has 2 heterocycles. The summed E-state index contributed by atoms with van der Waals surface area (Å²) in [6.07, 6.45) is -2.00. The van der Waals surface area contributed by atoms with Crippen molar-refractivity contribution in [3.8, 4) is 0 Å². The SMILES string of the molecule is C[C@@H]1C[C@@H](CC(NC(=O)c2cc(Cl)ccc2NC(=O)c2cnc(C(F)(F)F)cn2)C(=O)C(=O)NC2CC2)C(=O)N1. The Hall–Kier alpha value is -4.07. The lowest BCUT2D eigenvalue weighted by molar-refractivity contribution is -0.141. The summed E-state index contributed by atoms with van der Waals surface area (Å²) in [5.41, 5.74) is -2.05. The van der Waals surface area contributed by atoms with Gasteiger partial charge in [0.2, 0.25) is 11.7 Å². The number of hydrogen-bond acceptors (Lipinski definition) is 7. The lowest BCUT2D eigenvalue weighted by Gasteiger charge is -2.21. The fourth-order valence-corrected chi connectivity index (χ4v) is 4.31. The number of ketones is 1. The molecule has 15 heteroatoms. The Morgan fingerprint density at radius 1 is 1.12 bits per heavy atom. The van der Waals surface area contributed by atoms with Crippen LogP contribution in [0.25, 0.3) is 0 Å². The van der Waals surface area contributed by atoms with Gasteiger partial charge in [0, 0.05) is 23.0 Å². The maximum atomic E-state index is 13.3. The minimum atomic E-state index is -4.75. The number of carbonyl (C=O) groups is 5. The smallest absolute Gasteiger partial charge is 0.353 e. The number of nitrogens with one attached hydrogen (secondary N) is 4. The summed E-state index contributed by atoms with van der Waals surface area (Å²) >= 11 is 6.06. The topological polar surface area (TPSA) is 159 Å². The molecule has 0 bridgehead atoms. The van der Waals surface area contributed by atoms with Gasteiger partial charge in [-0.15, -0.1) is 0 Å². The summed E-state index contributed by atoms with van der Waals surface area (Å²) in [5, 5.41) is 10.2. The van der Waals surface area contributed by atoms with Crippen LogP contribution in [0, 0.1) is 5.92 Å². The molecule has 0 spiro atoms. The minimum Gasteiger partial charge on any atom is -0.353 e. The number of hydrogen-bond donors (Lipinski definition) is 4. The molecule has 4 N–H and O–H groups in total. The number of benzene rings is 1. The van der Waals surface area contributed by atoms with Crippen LogP contribution < -0.4 is 21.3 Å². The van der Waals surface area contributed by atoms with Crippen molar-refractivity contribution in [3.05, 3.63) is 52.6 Å². The fraction of sp³-hybridized carbons (Fsp3) is 0.400. The van der Waals surface area contributed by atoms with E-state index in [1.807, 2.05) is 0 Å². The quantitative estimate of drug-likeness (QED) is 0.331. The molecule has 1 saturated heterocycles. The van der Waals surface area contributed by atoms with Crippen LogP contribution in [0.1, 0.15) is 59.1 Å². The zero-order chi connectivity index (χ0) is 29.2. The third kappa shape index (κ3) is 7.11. The highest BCUT2D eigenvalue weighted by atomic mass is 35.5. The lowest BCUT2D eigenvalue weighted by Crippen LogP contribution is -2.49. The van der Waals surface area contributed by atoms with E-state index in [0.717, 1.165) is 12.8 Å². The van der Waals surface area contributed by atoms with Gasteiger partial charge in [0.15, 0.2) is 5.69 Å². The minimum absolute atomic E-state index is 0.0934. The molecule has 40 heavy (non-hydrogen) atoms. The number of Topliss-reactive ketones (excluding diaryl/α,β-unsaturated/α-hetero) is 1. The van der Waals surface area contributed by atoms with Crippen molar-refractivity contribution >= 4 is 46.7 Å². The van der Waals surface area contributed by atoms with Gasteiger partial charge in [0.05, 0.1) is 29.7 Å². The molecule has 11 nitrogen and oxygen atoms in total. The average molecular weight is 581 g/mol. The Morgan fingerprint density at radius 2 is 1.85 bits per heavy atom. The van der Waals surface area contributed by atoms with E-state index in [2.05, 4.69) is 31.2 Å². The maximum Gasteiger partial charge on any atom is 0.434 e. The van der Waals surface area contributed by atoms with Crippen LogP contribution in [0.5, 0.6) is 0 Å². The molecule has 4 rings (SSSR count). The second-order valence-corrected chi connectivity index (χ2v) is 10.1. The first-order valence-electron chi connectivity index (χ1n) is 12.3. The van der Waals surface area contributed by atoms with Crippen molar-refractivity contribution < 1.29 is 37.1 Å². The van der Waals surface area contributed by atoms with Crippen LogP contribution in [0.4, 0.5) is 18.9 Å². The van der Waals surface area contributed by atoms with Crippen LogP contribution in [-0.4, -0.2) is 57.5 Å². The Bertz CT molecular complexity index is 1350. The van der Waals surface area contributed by atoms with E-state index in [9.17, 15) is 37.1 Å². The van der Waals surface area contributed by atoms with Gasteiger partial charge in [-0.05, 0) is 50.8 Å². The molecular weight excluding hydrogens is 557 g/mol. The van der Waals surface area contributed by atoms with Crippen LogP contribution in [0.2, 0.25) is 5.02 Å². The number of halogens is 4. The average Bonchev–Trinajstić information content (AvgIpc) is 3.65. The van der Waals surface area contributed by atoms with Gasteiger partial charge in [-0.25, -0.2) is 9.97 Å². The molecular formula is C25H24ClF3N6O5. The number of rotatable bonds is 9. The summed E-state index contributed by atoms with van der Waals surface area (Å²) in [6, 6.07) is 2.19. The van der Waals surface area contributed by atoms with Crippen molar-refractivity contribution in [2.45, 2.75) is 56.9 Å². The van der Waals surface area contributed by atoms with Crippen LogP contribution in [0.3, 0.4) is 0 Å². The van der Waals surface area contributed by atoms with Crippen molar-refractivity contribution in [2.24, 2.45) is 5.92 Å². The molecule has 0 radical (unpaired) electrons. The third-order valence-corrected chi connectivity index (χ3v) is 6.56. The standard InChI is InChI=1S/C25H24ClF3N6O5/c1-11-6-12(21(37)32-11)7-17(20(36)24(40)33-14-3-4-14)35-22(38)15-8-13(26)2-5-16(15)34-23(39)18-9-31-19(10-30-18)25(27,28)29/h2,5,8-12,14,17H,3-4,6-7H2,1H3,(H,32,37)(H,33,40)(H,34,39)(H,35,38)/t11-,12+,17?/m1/s1. The molecule has 2 aromatic rings. The maximum absolute atomic E-state index is 13.3. The number of carbonyl (C=O) groups excluding carboxylic acids is 5. The van der Waals surface area contributed by atoms with Gasteiger partial charge in [-0.1, -0.05) is 11.6 Å². The first kappa shape index (κ1) is 28.9. The second kappa shape index (κ2) is 11.6. The zero-order valence-electron chi connectivity index (χ0n) is 21.0. The lowest BCUT2D eigenvalue weighted by atomic mass is 9.93. The summed E-state index contributed by atoms with van der Waals surface area (Å²) in [7, 11) is 0. The molecule has 2 aliphatic rings. The Balaban J connectivity index is 1.54. The van der Waals surface area contributed by atoms with Gasteiger partial charge >= 0.3 is 6.18 Å². The van der Waals surface area contributed by atoms with E-state index < -0.39 is 53.0 Å². The van der Waals surface area contributed by atoms with E-state index in [0.29, 0.717) is 18.8 Å². The summed E-state index contributed by atoms with van der Waals surface area (Å²) in [5.74, 6) is -4.61. The monoisotopic (exact) mass is 580 g/mol. The molecule has 1 saturated carbocycles. The molecule has 1 aliphatic carbocycles. The number of aromatic nitrogens is 2. The Morgan fingerprint density at radius 3 is 2.42 bits per heavy atom. The zero-order valence-corrected chi connectivity index (χ0v) is 21.7.